The van der Waals surface area contributed by atoms with E-state index in [1.165, 1.54) is 12.8 Å². The van der Waals surface area contributed by atoms with Crippen molar-refractivity contribution in [1.29, 1.82) is 0 Å². The van der Waals surface area contributed by atoms with E-state index in [1.54, 1.807) is 4.88 Å². The molecule has 1 aromatic rings. The Morgan fingerprint density at radius 1 is 1.36 bits per heavy atom. The molecule has 1 aromatic heterocycles. The van der Waals surface area contributed by atoms with Gasteiger partial charge < -0.3 is 0 Å². The summed E-state index contributed by atoms with van der Waals surface area (Å²) in [6.07, 6.45) is 3.07. The first-order valence-electron chi connectivity index (χ1n) is 4.49. The van der Waals surface area contributed by atoms with Crippen LogP contribution in [0.2, 0.25) is 0 Å². The lowest BCUT2D eigenvalue weighted by Gasteiger charge is -2.03. The van der Waals surface area contributed by atoms with Crippen LogP contribution in [0.4, 0.5) is 0 Å². The quantitative estimate of drug-likeness (QED) is 0.595. The predicted octanol–water partition coefficient (Wildman–Crippen LogP) is 2.66. The van der Waals surface area contributed by atoms with Gasteiger partial charge in [0.25, 0.3) is 0 Å². The van der Waals surface area contributed by atoms with Gasteiger partial charge >= 0.3 is 0 Å². The average Bonchev–Trinajstić information content (AvgIpc) is 2.71. The molecule has 4 aliphatic rings. The number of rotatable bonds is 1. The van der Waals surface area contributed by atoms with E-state index in [9.17, 15) is 0 Å². The van der Waals surface area contributed by atoms with Gasteiger partial charge in [-0.05, 0) is 42.0 Å². The van der Waals surface area contributed by atoms with Crippen LogP contribution in [0.3, 0.4) is 0 Å². The first-order valence-corrected chi connectivity index (χ1v) is 5.37. The molecule has 2 atom stereocenters. The SMILES string of the molecule is c1csc(C23C4CCC2C43)c1. The third-order valence-electron chi connectivity index (χ3n) is 4.16. The van der Waals surface area contributed by atoms with Crippen molar-refractivity contribution in [2.75, 3.05) is 0 Å². The van der Waals surface area contributed by atoms with E-state index in [4.69, 9.17) is 0 Å². The molecule has 4 aliphatic carbocycles. The van der Waals surface area contributed by atoms with Gasteiger partial charge in [0.2, 0.25) is 0 Å². The van der Waals surface area contributed by atoms with E-state index < -0.39 is 0 Å². The molecule has 5 rings (SSSR count). The first-order chi connectivity index (χ1) is 5.45. The van der Waals surface area contributed by atoms with Crippen molar-refractivity contribution in [3.05, 3.63) is 22.4 Å². The van der Waals surface area contributed by atoms with Crippen LogP contribution in [0.5, 0.6) is 0 Å². The maximum absolute atomic E-state index is 2.35. The van der Waals surface area contributed by atoms with Gasteiger partial charge in [0.1, 0.15) is 0 Å². The molecule has 0 radical (unpaired) electrons. The monoisotopic (exact) mass is 162 g/mol. The molecule has 4 fully saturated rings. The average molecular weight is 162 g/mol. The Morgan fingerprint density at radius 3 is 2.73 bits per heavy atom. The van der Waals surface area contributed by atoms with Gasteiger partial charge in [-0.2, -0.15) is 0 Å². The molecule has 0 amide bonds. The Hall–Kier alpha value is -0.300. The van der Waals surface area contributed by atoms with Gasteiger partial charge in [0, 0.05) is 10.3 Å². The van der Waals surface area contributed by atoms with Crippen molar-refractivity contribution in [3.63, 3.8) is 0 Å². The second-order valence-corrected chi connectivity index (χ2v) is 5.17. The Morgan fingerprint density at radius 2 is 2.18 bits per heavy atom. The molecule has 0 saturated heterocycles. The largest absolute Gasteiger partial charge is 0.148 e. The summed E-state index contributed by atoms with van der Waals surface area (Å²) in [5.74, 6) is 3.42. The molecule has 0 aliphatic heterocycles. The van der Waals surface area contributed by atoms with Gasteiger partial charge in [-0.3, -0.25) is 0 Å². The molecular formula is C10H10S. The van der Waals surface area contributed by atoms with Crippen LogP contribution in [-0.2, 0) is 5.41 Å². The van der Waals surface area contributed by atoms with Crippen LogP contribution >= 0.6 is 11.3 Å². The fourth-order valence-electron chi connectivity index (χ4n) is 3.71. The van der Waals surface area contributed by atoms with Crippen LogP contribution < -0.4 is 0 Å². The molecule has 0 N–H and O–H groups in total. The van der Waals surface area contributed by atoms with Crippen molar-refractivity contribution in [2.24, 2.45) is 17.8 Å². The van der Waals surface area contributed by atoms with Crippen molar-refractivity contribution < 1.29 is 0 Å². The third kappa shape index (κ3) is 0.365. The molecule has 56 valence electrons. The highest BCUT2D eigenvalue weighted by molar-refractivity contribution is 7.10. The molecule has 11 heavy (non-hydrogen) atoms. The van der Waals surface area contributed by atoms with Gasteiger partial charge in [-0.25, -0.2) is 0 Å². The minimum Gasteiger partial charge on any atom is -0.148 e. The van der Waals surface area contributed by atoms with Gasteiger partial charge in [-0.1, -0.05) is 6.07 Å². The first kappa shape index (κ1) is 5.36. The normalized spacial score (nSPS) is 55.8. The smallest absolute Gasteiger partial charge is 0.0144 e. The minimum absolute atomic E-state index is 0.786. The number of hydrogen-bond acceptors (Lipinski definition) is 1. The van der Waals surface area contributed by atoms with E-state index >= 15 is 0 Å². The van der Waals surface area contributed by atoms with Gasteiger partial charge in [0.15, 0.2) is 0 Å². The summed E-state index contributed by atoms with van der Waals surface area (Å²) in [4.78, 5) is 1.70. The second kappa shape index (κ2) is 1.31. The topological polar surface area (TPSA) is 0 Å². The lowest BCUT2D eigenvalue weighted by Crippen LogP contribution is -2.00. The molecular weight excluding hydrogens is 152 g/mol. The van der Waals surface area contributed by atoms with Crippen LogP contribution in [0.25, 0.3) is 0 Å². The summed E-state index contributed by atoms with van der Waals surface area (Å²) in [7, 11) is 0. The summed E-state index contributed by atoms with van der Waals surface area (Å²) in [5.41, 5.74) is 0.786. The Labute approximate surface area is 70.2 Å². The van der Waals surface area contributed by atoms with E-state index in [0.29, 0.717) is 0 Å². The fourth-order valence-corrected chi connectivity index (χ4v) is 4.82. The molecule has 2 bridgehead atoms. The van der Waals surface area contributed by atoms with Crippen LogP contribution in [0.15, 0.2) is 17.5 Å². The van der Waals surface area contributed by atoms with Gasteiger partial charge in [0.05, 0.1) is 0 Å². The number of hydrogen-bond donors (Lipinski definition) is 0. The van der Waals surface area contributed by atoms with Crippen molar-refractivity contribution >= 4 is 11.3 Å². The Bertz CT molecular complexity index is 290. The maximum atomic E-state index is 2.35. The van der Waals surface area contributed by atoms with E-state index in [0.717, 1.165) is 23.2 Å². The summed E-state index contributed by atoms with van der Waals surface area (Å²) >= 11 is 1.98. The fraction of sp³-hybridized carbons (Fsp3) is 0.600. The van der Waals surface area contributed by atoms with E-state index in [1.807, 2.05) is 11.3 Å². The molecule has 1 heterocycles. The van der Waals surface area contributed by atoms with Crippen LogP contribution in [0.1, 0.15) is 17.7 Å². The van der Waals surface area contributed by atoms with Gasteiger partial charge in [-0.15, -0.1) is 11.3 Å². The van der Waals surface area contributed by atoms with E-state index in [-0.39, 0.29) is 0 Å². The van der Waals surface area contributed by atoms with Crippen LogP contribution in [0, 0.1) is 17.8 Å². The summed E-state index contributed by atoms with van der Waals surface area (Å²) in [6, 6.07) is 4.56. The highest BCUT2D eigenvalue weighted by Gasteiger charge is 2.89. The Balaban J connectivity index is 1.89. The van der Waals surface area contributed by atoms with Crippen molar-refractivity contribution in [2.45, 2.75) is 18.3 Å². The lowest BCUT2D eigenvalue weighted by atomic mass is 10.0. The standard InChI is InChI=1S/C10H10S/c1-2-8(11-5-1)10-6-3-4-7(10)9(6)10/h1-2,5-7,9H,3-4H2. The second-order valence-electron chi connectivity index (χ2n) is 4.23. The third-order valence-corrected chi connectivity index (χ3v) is 5.20. The zero-order chi connectivity index (χ0) is 7.05. The molecule has 4 saturated carbocycles. The minimum atomic E-state index is 0.786. The predicted molar refractivity (Wildman–Crippen MR) is 45.7 cm³/mol. The molecule has 2 unspecified atom stereocenters. The maximum Gasteiger partial charge on any atom is 0.0144 e. The summed E-state index contributed by atoms with van der Waals surface area (Å²) in [5, 5.41) is 2.23. The van der Waals surface area contributed by atoms with Crippen molar-refractivity contribution in [3.8, 4) is 0 Å². The highest BCUT2D eigenvalue weighted by atomic mass is 32.1. The molecule has 0 spiro atoms. The molecule has 1 heteroatoms. The van der Waals surface area contributed by atoms with Crippen molar-refractivity contribution in [1.82, 2.24) is 0 Å². The summed E-state index contributed by atoms with van der Waals surface area (Å²) < 4.78 is 0. The zero-order valence-electron chi connectivity index (χ0n) is 6.29. The lowest BCUT2D eigenvalue weighted by molar-refractivity contribution is 0.600. The Kier molecular flexibility index (Phi) is 0.637. The summed E-state index contributed by atoms with van der Waals surface area (Å²) in [6.45, 7) is 0. The zero-order valence-corrected chi connectivity index (χ0v) is 7.10. The molecule has 0 aromatic carbocycles. The number of fused-ring (bicyclic) bond motifs is 1. The highest BCUT2D eigenvalue weighted by Crippen LogP contribution is 2.91. The molecule has 0 nitrogen and oxygen atoms in total. The van der Waals surface area contributed by atoms with E-state index in [2.05, 4.69) is 17.5 Å². The number of thiophene rings is 1. The van der Waals surface area contributed by atoms with Crippen LogP contribution in [-0.4, -0.2) is 0 Å².